The molecule has 4 aromatic rings. The average molecular weight is 498 g/mol. The van der Waals surface area contributed by atoms with E-state index in [1.54, 1.807) is 36.3 Å². The van der Waals surface area contributed by atoms with Crippen LogP contribution in [0.2, 0.25) is 0 Å². The van der Waals surface area contributed by atoms with Crippen LogP contribution in [0.25, 0.3) is 11.0 Å². The van der Waals surface area contributed by atoms with Gasteiger partial charge >= 0.3 is 0 Å². The molecule has 1 unspecified atom stereocenters. The topological polar surface area (TPSA) is 69.0 Å². The number of ether oxygens (including phenoxy) is 2. The molecule has 6 heteroatoms. The van der Waals surface area contributed by atoms with Gasteiger partial charge in [0, 0.05) is 6.54 Å². The van der Waals surface area contributed by atoms with Gasteiger partial charge < -0.3 is 18.8 Å². The highest BCUT2D eigenvalue weighted by Gasteiger charge is 2.42. The third kappa shape index (κ3) is 4.96. The molecular weight excluding hydrogens is 466 g/mol. The Hall–Kier alpha value is -4.06. The first-order valence-corrected chi connectivity index (χ1v) is 12.8. The third-order valence-corrected chi connectivity index (χ3v) is 6.85. The lowest BCUT2D eigenvalue weighted by Crippen LogP contribution is -2.29. The van der Waals surface area contributed by atoms with E-state index in [-0.39, 0.29) is 17.1 Å². The molecule has 0 fully saturated rings. The number of amides is 1. The predicted octanol–water partition coefficient (Wildman–Crippen LogP) is 6.51. The summed E-state index contributed by atoms with van der Waals surface area (Å²) in [5, 5.41) is 0.470. The maximum atomic E-state index is 13.6. The van der Waals surface area contributed by atoms with Crippen LogP contribution in [-0.4, -0.2) is 24.5 Å². The van der Waals surface area contributed by atoms with Crippen molar-refractivity contribution < 1.29 is 18.7 Å². The van der Waals surface area contributed by atoms with Crippen LogP contribution in [0.4, 0.5) is 0 Å². The Kier molecular flexibility index (Phi) is 7.26. The van der Waals surface area contributed by atoms with Crippen LogP contribution in [0, 0.1) is 0 Å². The van der Waals surface area contributed by atoms with Gasteiger partial charge in [0.1, 0.15) is 17.1 Å². The lowest BCUT2D eigenvalue weighted by Gasteiger charge is -2.25. The standard InChI is InChI=1S/C31H31NO5/c1-3-4-5-8-19-36-24-17-13-22(14-18-24)28-27-29(33)25-9-6-7-10-26(25)37-30(27)31(34)32(28)20-21-11-15-23(35-2)16-12-21/h6-7,9-18,28H,3-5,8,19-20H2,1-2H3. The molecule has 0 N–H and O–H groups in total. The van der Waals surface area contributed by atoms with Crippen LogP contribution in [-0.2, 0) is 6.54 Å². The van der Waals surface area contributed by atoms with Gasteiger partial charge in [-0.3, -0.25) is 9.59 Å². The number of hydrogen-bond donors (Lipinski definition) is 0. The van der Waals surface area contributed by atoms with Gasteiger partial charge in [-0.05, 0) is 53.9 Å². The van der Waals surface area contributed by atoms with Crippen molar-refractivity contribution in [2.75, 3.05) is 13.7 Å². The SMILES string of the molecule is CCCCCCOc1ccc(C2c3c(oc4ccccc4c3=O)C(=O)N2Cc2ccc(OC)cc2)cc1. The Morgan fingerprint density at radius 3 is 2.32 bits per heavy atom. The summed E-state index contributed by atoms with van der Waals surface area (Å²) in [6.07, 6.45) is 4.56. The van der Waals surface area contributed by atoms with Crippen LogP contribution < -0.4 is 14.9 Å². The van der Waals surface area contributed by atoms with E-state index in [0.717, 1.165) is 35.5 Å². The van der Waals surface area contributed by atoms with Gasteiger partial charge in [-0.25, -0.2) is 0 Å². The minimum Gasteiger partial charge on any atom is -0.497 e. The molecular formula is C31H31NO5. The molecule has 1 aromatic heterocycles. The lowest BCUT2D eigenvalue weighted by molar-refractivity contribution is 0.0714. The Bertz CT molecular complexity index is 1440. The highest BCUT2D eigenvalue weighted by Crippen LogP contribution is 2.39. The fourth-order valence-corrected chi connectivity index (χ4v) is 4.87. The zero-order valence-electron chi connectivity index (χ0n) is 21.2. The van der Waals surface area contributed by atoms with Crippen molar-refractivity contribution in [2.45, 2.75) is 45.2 Å². The minimum atomic E-state index is -0.566. The first-order chi connectivity index (χ1) is 18.1. The fourth-order valence-electron chi connectivity index (χ4n) is 4.87. The summed E-state index contributed by atoms with van der Waals surface area (Å²) in [5.74, 6) is 1.33. The fraction of sp³-hybridized carbons (Fsp3) is 0.290. The highest BCUT2D eigenvalue weighted by molar-refractivity contribution is 5.99. The summed E-state index contributed by atoms with van der Waals surface area (Å²) in [7, 11) is 1.62. The molecule has 190 valence electrons. The monoisotopic (exact) mass is 497 g/mol. The molecule has 6 nitrogen and oxygen atoms in total. The van der Waals surface area contributed by atoms with E-state index in [1.165, 1.54) is 12.8 Å². The Labute approximate surface area is 216 Å². The summed E-state index contributed by atoms with van der Waals surface area (Å²) < 4.78 is 17.2. The molecule has 0 radical (unpaired) electrons. The van der Waals surface area contributed by atoms with Gasteiger partial charge in [0.15, 0.2) is 5.43 Å². The molecule has 2 heterocycles. The number of nitrogens with zero attached hydrogens (tertiary/aromatic N) is 1. The van der Waals surface area contributed by atoms with Crippen LogP contribution in [0.15, 0.2) is 82.0 Å². The van der Waals surface area contributed by atoms with E-state index in [4.69, 9.17) is 13.9 Å². The third-order valence-electron chi connectivity index (χ3n) is 6.85. The van der Waals surface area contributed by atoms with Gasteiger partial charge in [0.05, 0.1) is 30.7 Å². The molecule has 37 heavy (non-hydrogen) atoms. The summed E-state index contributed by atoms with van der Waals surface area (Å²) in [5.41, 5.74) is 2.38. The Balaban J connectivity index is 1.50. The van der Waals surface area contributed by atoms with Crippen LogP contribution >= 0.6 is 0 Å². The molecule has 0 saturated carbocycles. The molecule has 0 saturated heterocycles. The quantitative estimate of drug-likeness (QED) is 0.234. The second-order valence-electron chi connectivity index (χ2n) is 9.33. The van der Waals surface area contributed by atoms with Crippen LogP contribution in [0.1, 0.15) is 65.9 Å². The number of rotatable bonds is 10. The van der Waals surface area contributed by atoms with Crippen LogP contribution in [0.5, 0.6) is 11.5 Å². The number of benzene rings is 3. The maximum Gasteiger partial charge on any atom is 0.291 e. The van der Waals surface area contributed by atoms with Gasteiger partial charge in [0.2, 0.25) is 5.76 Å². The zero-order valence-corrected chi connectivity index (χ0v) is 21.2. The maximum absolute atomic E-state index is 13.6. The number of hydrogen-bond acceptors (Lipinski definition) is 5. The number of para-hydroxylation sites is 1. The van der Waals surface area contributed by atoms with Crippen molar-refractivity contribution in [3.8, 4) is 11.5 Å². The predicted molar refractivity (Wildman–Crippen MR) is 143 cm³/mol. The number of carbonyl (C=O) groups excluding carboxylic acids is 1. The molecule has 0 aliphatic carbocycles. The van der Waals surface area contributed by atoms with Crippen molar-refractivity contribution in [1.29, 1.82) is 0 Å². The van der Waals surface area contributed by atoms with E-state index in [0.29, 0.717) is 29.7 Å². The normalized spacial score (nSPS) is 14.7. The van der Waals surface area contributed by atoms with Crippen molar-refractivity contribution in [3.05, 3.63) is 105 Å². The van der Waals surface area contributed by atoms with E-state index < -0.39 is 6.04 Å². The first-order valence-electron chi connectivity index (χ1n) is 12.8. The molecule has 1 aliphatic rings. The first kappa shape index (κ1) is 24.6. The van der Waals surface area contributed by atoms with Gasteiger partial charge in [-0.1, -0.05) is 62.6 Å². The van der Waals surface area contributed by atoms with Crippen molar-refractivity contribution in [1.82, 2.24) is 4.90 Å². The second kappa shape index (κ2) is 10.9. The molecule has 0 spiro atoms. The largest absolute Gasteiger partial charge is 0.497 e. The van der Waals surface area contributed by atoms with Gasteiger partial charge in [0.25, 0.3) is 5.91 Å². The molecule has 1 aliphatic heterocycles. The molecule has 5 rings (SSSR count). The number of unbranched alkanes of at least 4 members (excludes halogenated alkanes) is 3. The van der Waals surface area contributed by atoms with Gasteiger partial charge in [-0.15, -0.1) is 0 Å². The second-order valence-corrected chi connectivity index (χ2v) is 9.33. The lowest BCUT2D eigenvalue weighted by atomic mass is 9.98. The number of carbonyl (C=O) groups is 1. The summed E-state index contributed by atoms with van der Waals surface area (Å²) in [6.45, 7) is 3.18. The Morgan fingerprint density at radius 1 is 0.865 bits per heavy atom. The van der Waals surface area contributed by atoms with Crippen molar-refractivity contribution >= 4 is 16.9 Å². The van der Waals surface area contributed by atoms with E-state index >= 15 is 0 Å². The highest BCUT2D eigenvalue weighted by atomic mass is 16.5. The zero-order chi connectivity index (χ0) is 25.8. The smallest absolute Gasteiger partial charge is 0.291 e. The molecule has 1 amide bonds. The molecule has 3 aromatic carbocycles. The van der Waals surface area contributed by atoms with Crippen molar-refractivity contribution in [2.24, 2.45) is 0 Å². The summed E-state index contributed by atoms with van der Waals surface area (Å²) >= 11 is 0. The minimum absolute atomic E-state index is 0.110. The average Bonchev–Trinajstić information content (AvgIpc) is 3.21. The van der Waals surface area contributed by atoms with E-state index in [2.05, 4.69) is 6.92 Å². The van der Waals surface area contributed by atoms with Crippen LogP contribution in [0.3, 0.4) is 0 Å². The van der Waals surface area contributed by atoms with Crippen molar-refractivity contribution in [3.63, 3.8) is 0 Å². The number of fused-ring (bicyclic) bond motifs is 2. The summed E-state index contributed by atoms with van der Waals surface area (Å²) in [6, 6.07) is 21.8. The summed E-state index contributed by atoms with van der Waals surface area (Å²) in [4.78, 5) is 29.0. The van der Waals surface area contributed by atoms with E-state index in [1.807, 2.05) is 48.5 Å². The van der Waals surface area contributed by atoms with Gasteiger partial charge in [-0.2, -0.15) is 0 Å². The number of methoxy groups -OCH3 is 1. The Morgan fingerprint density at radius 2 is 1.59 bits per heavy atom. The van der Waals surface area contributed by atoms with E-state index in [9.17, 15) is 9.59 Å². The molecule has 0 bridgehead atoms. The molecule has 1 atom stereocenters.